The van der Waals surface area contributed by atoms with Crippen LogP contribution in [0.2, 0.25) is 0 Å². The van der Waals surface area contributed by atoms with Crippen molar-refractivity contribution in [2.24, 2.45) is 23.1 Å². The molecule has 14 nitrogen and oxygen atoms in total. The number of carbonyl (C=O) groups is 6. The summed E-state index contributed by atoms with van der Waals surface area (Å²) in [5, 5.41) is 18.5. The van der Waals surface area contributed by atoms with E-state index in [1.165, 1.54) is 6.92 Å². The van der Waals surface area contributed by atoms with Crippen LogP contribution in [0.4, 0.5) is 0 Å². The number of carbonyl (C=O) groups excluding carboxylic acids is 6. The van der Waals surface area contributed by atoms with Crippen LogP contribution in [0.5, 0.6) is 0 Å². The van der Waals surface area contributed by atoms with Gasteiger partial charge in [-0.2, -0.15) is 0 Å². The Morgan fingerprint density at radius 1 is 0.774 bits per heavy atom. The topological polar surface area (TPSA) is 249 Å². The third kappa shape index (κ3) is 10.4. The highest BCUT2D eigenvalue weighted by Crippen LogP contribution is 2.03. The predicted octanol–water partition coefficient (Wildman–Crippen LogP) is -5.09. The van der Waals surface area contributed by atoms with E-state index in [-0.39, 0.29) is 0 Å². The van der Waals surface area contributed by atoms with Gasteiger partial charge in [0, 0.05) is 0 Å². The van der Waals surface area contributed by atoms with Crippen LogP contribution in [-0.4, -0.2) is 77.9 Å². The Kier molecular flexibility index (Phi) is 11.7. The summed E-state index contributed by atoms with van der Waals surface area (Å²) >= 11 is 0. The first-order valence-corrected chi connectivity index (χ1v) is 9.41. The molecule has 4 atom stereocenters. The van der Waals surface area contributed by atoms with Crippen LogP contribution >= 0.6 is 0 Å². The van der Waals surface area contributed by atoms with Gasteiger partial charge in [0.25, 0.3) is 0 Å². The molecule has 0 fully saturated rings. The largest absolute Gasteiger partial charge is 0.394 e. The van der Waals surface area contributed by atoms with Gasteiger partial charge in [0.2, 0.25) is 35.4 Å². The molecule has 176 valence electrons. The number of aliphatic hydroxyl groups is 1. The minimum absolute atomic E-state index is 0.417. The first-order valence-electron chi connectivity index (χ1n) is 9.41. The molecule has 0 heterocycles. The quantitative estimate of drug-likeness (QED) is 0.136. The van der Waals surface area contributed by atoms with Gasteiger partial charge >= 0.3 is 0 Å². The summed E-state index contributed by atoms with van der Waals surface area (Å²) in [6.45, 7) is 3.30. The summed E-state index contributed by atoms with van der Waals surface area (Å²) in [4.78, 5) is 70.9. The van der Waals surface area contributed by atoms with Gasteiger partial charge in [-0.15, -0.1) is 0 Å². The van der Waals surface area contributed by atoms with Crippen LogP contribution in [0.15, 0.2) is 0 Å². The molecule has 11 N–H and O–H groups in total. The highest BCUT2D eigenvalue weighted by atomic mass is 16.3. The lowest BCUT2D eigenvalue weighted by molar-refractivity contribution is -0.136. The van der Waals surface area contributed by atoms with Crippen LogP contribution in [-0.2, 0) is 28.8 Å². The zero-order valence-corrected chi connectivity index (χ0v) is 17.6. The lowest BCUT2D eigenvalue weighted by Crippen LogP contribution is -2.60. The van der Waals surface area contributed by atoms with Crippen molar-refractivity contribution in [1.29, 1.82) is 0 Å². The smallest absolute Gasteiger partial charge is 0.245 e. The van der Waals surface area contributed by atoms with Gasteiger partial charge in [-0.25, -0.2) is 0 Å². The lowest BCUT2D eigenvalue weighted by Gasteiger charge is -2.25. The van der Waals surface area contributed by atoms with Crippen LogP contribution in [0, 0.1) is 5.92 Å². The molecule has 0 radical (unpaired) electrons. The number of rotatable bonds is 13. The molecule has 0 aromatic carbocycles. The fraction of sp³-hybridized carbons (Fsp3) is 0.647. The summed E-state index contributed by atoms with van der Waals surface area (Å²) in [6, 6.07) is -5.03. The minimum atomic E-state index is -1.51. The summed E-state index contributed by atoms with van der Waals surface area (Å²) in [5.41, 5.74) is 15.5. The van der Waals surface area contributed by atoms with E-state index in [0.29, 0.717) is 0 Å². The molecule has 0 aliphatic heterocycles. The number of amides is 6. The second-order valence-electron chi connectivity index (χ2n) is 7.18. The minimum Gasteiger partial charge on any atom is -0.394 e. The summed E-state index contributed by atoms with van der Waals surface area (Å²) in [7, 11) is 0. The van der Waals surface area contributed by atoms with Crippen LogP contribution in [0.25, 0.3) is 0 Å². The number of hydrogen-bond donors (Lipinski definition) is 8. The zero-order valence-electron chi connectivity index (χ0n) is 17.6. The highest BCUT2D eigenvalue weighted by molar-refractivity contribution is 5.96. The standard InChI is InChI=1S/C17H31N7O7/c1-7(2)13(17(31)21-5-12(20)27)24-16(30)10(6-25)23-15(29)9(4-11(19)26)22-14(28)8(3)18/h7-10,13,25H,4-6,18H2,1-3H3,(H2,19,26)(H2,20,27)(H,21,31)(H,22,28)(H,23,29)(H,24,30)/t8-,9-,10-,13-/m0/s1. The third-order valence-corrected chi connectivity index (χ3v) is 3.95. The van der Waals surface area contributed by atoms with E-state index in [0.717, 1.165) is 0 Å². The predicted molar refractivity (Wildman–Crippen MR) is 107 cm³/mol. The monoisotopic (exact) mass is 445 g/mol. The molecule has 0 aliphatic carbocycles. The fourth-order valence-corrected chi connectivity index (χ4v) is 2.25. The molecule has 0 spiro atoms. The number of primary amides is 2. The molecule has 0 aromatic rings. The van der Waals surface area contributed by atoms with Gasteiger partial charge in [-0.3, -0.25) is 28.8 Å². The van der Waals surface area contributed by atoms with Crippen molar-refractivity contribution in [2.75, 3.05) is 13.2 Å². The number of hydrogen-bond acceptors (Lipinski definition) is 8. The first kappa shape index (κ1) is 27.7. The maximum absolute atomic E-state index is 12.5. The average molecular weight is 445 g/mol. The molecule has 31 heavy (non-hydrogen) atoms. The molecule has 0 saturated heterocycles. The Morgan fingerprint density at radius 3 is 1.71 bits per heavy atom. The van der Waals surface area contributed by atoms with Gasteiger partial charge in [0.15, 0.2) is 0 Å². The van der Waals surface area contributed by atoms with E-state index >= 15 is 0 Å². The fourth-order valence-electron chi connectivity index (χ4n) is 2.25. The molecule has 14 heteroatoms. The van der Waals surface area contributed by atoms with Crippen molar-refractivity contribution in [3.63, 3.8) is 0 Å². The van der Waals surface area contributed by atoms with Crippen molar-refractivity contribution in [1.82, 2.24) is 21.3 Å². The number of aliphatic hydroxyl groups excluding tert-OH is 1. The second-order valence-corrected chi connectivity index (χ2v) is 7.18. The Morgan fingerprint density at radius 2 is 1.29 bits per heavy atom. The van der Waals surface area contributed by atoms with E-state index in [1.807, 2.05) is 0 Å². The van der Waals surface area contributed by atoms with E-state index in [4.69, 9.17) is 17.2 Å². The van der Waals surface area contributed by atoms with E-state index < -0.39 is 85.1 Å². The van der Waals surface area contributed by atoms with Crippen molar-refractivity contribution in [2.45, 2.75) is 51.4 Å². The second kappa shape index (κ2) is 13.1. The summed E-state index contributed by atoms with van der Waals surface area (Å²) < 4.78 is 0. The molecule has 0 aromatic heterocycles. The maximum atomic E-state index is 12.5. The van der Waals surface area contributed by atoms with Crippen molar-refractivity contribution < 1.29 is 33.9 Å². The van der Waals surface area contributed by atoms with Crippen LogP contribution < -0.4 is 38.5 Å². The van der Waals surface area contributed by atoms with E-state index in [1.54, 1.807) is 13.8 Å². The van der Waals surface area contributed by atoms with Crippen molar-refractivity contribution in [3.05, 3.63) is 0 Å². The van der Waals surface area contributed by atoms with Crippen molar-refractivity contribution in [3.8, 4) is 0 Å². The normalized spacial score (nSPS) is 14.5. The van der Waals surface area contributed by atoms with E-state index in [2.05, 4.69) is 21.3 Å². The molecule has 6 amide bonds. The molecule has 0 unspecified atom stereocenters. The van der Waals surface area contributed by atoms with Gasteiger partial charge in [-0.1, -0.05) is 13.8 Å². The average Bonchev–Trinajstić information content (AvgIpc) is 2.66. The Balaban J connectivity index is 5.27. The van der Waals surface area contributed by atoms with Crippen LogP contribution in [0.3, 0.4) is 0 Å². The van der Waals surface area contributed by atoms with Gasteiger partial charge < -0.3 is 43.6 Å². The number of nitrogens with one attached hydrogen (secondary N) is 4. The Bertz CT molecular complexity index is 696. The summed E-state index contributed by atoms with van der Waals surface area (Å²) in [6.07, 6.45) is -0.575. The van der Waals surface area contributed by atoms with Crippen molar-refractivity contribution >= 4 is 35.4 Å². The Hall–Kier alpha value is -3.26. The lowest BCUT2D eigenvalue weighted by atomic mass is 10.0. The van der Waals surface area contributed by atoms with Gasteiger partial charge in [-0.05, 0) is 12.8 Å². The maximum Gasteiger partial charge on any atom is 0.245 e. The number of nitrogens with two attached hydrogens (primary N) is 3. The third-order valence-electron chi connectivity index (χ3n) is 3.95. The molecule has 0 aliphatic rings. The molecular weight excluding hydrogens is 414 g/mol. The molecule has 0 saturated carbocycles. The van der Waals surface area contributed by atoms with Crippen LogP contribution in [0.1, 0.15) is 27.2 Å². The molecular formula is C17H31N7O7. The molecule has 0 bridgehead atoms. The first-order chi connectivity index (χ1) is 14.3. The SMILES string of the molecule is CC(C)[C@H](NC(=O)[C@H](CO)NC(=O)[C@H](CC(N)=O)NC(=O)[C@H](C)N)C(=O)NCC(N)=O. The molecule has 0 rings (SSSR count). The van der Waals surface area contributed by atoms with Gasteiger partial charge in [0.1, 0.15) is 18.1 Å². The van der Waals surface area contributed by atoms with E-state index in [9.17, 15) is 33.9 Å². The summed E-state index contributed by atoms with van der Waals surface area (Å²) in [5.74, 6) is -5.42. The van der Waals surface area contributed by atoms with Gasteiger partial charge in [0.05, 0.1) is 25.6 Å². The zero-order chi connectivity index (χ0) is 24.3. The highest BCUT2D eigenvalue weighted by Gasteiger charge is 2.31. The Labute approximate surface area is 179 Å².